The molecule has 0 heterocycles. The molecule has 0 fully saturated rings. The summed E-state index contributed by atoms with van der Waals surface area (Å²) in [6.45, 7) is 0. The molecule has 0 aromatic heterocycles. The number of rotatable bonds is 0. The monoisotopic (exact) mass is 123 g/mol. The second-order valence-corrected chi connectivity index (χ2v) is 0.495. The summed E-state index contributed by atoms with van der Waals surface area (Å²) >= 11 is 0. The molecule has 48 valence electrons. The van der Waals surface area contributed by atoms with Gasteiger partial charge in [0.1, 0.15) is 0 Å². The first-order chi connectivity index (χ1) is 2.00. The van der Waals surface area contributed by atoms with Crippen molar-refractivity contribution in [2.45, 2.75) is 0 Å². The van der Waals surface area contributed by atoms with E-state index >= 15 is 0 Å². The van der Waals surface area contributed by atoms with Gasteiger partial charge in [-0.3, -0.25) is 0 Å². The van der Waals surface area contributed by atoms with E-state index in [-0.39, 0.29) is 11.0 Å². The van der Waals surface area contributed by atoms with E-state index in [2.05, 4.69) is 0 Å². The highest BCUT2D eigenvalue weighted by atomic mass is 19.5. The maximum atomic E-state index is 9.75. The zero-order valence-electron chi connectivity index (χ0n) is 3.09. The van der Waals surface area contributed by atoms with Crippen molar-refractivity contribution >= 4 is 7.25 Å². The van der Waals surface area contributed by atoms with Crippen molar-refractivity contribution in [1.82, 2.24) is 0 Å². The van der Waals surface area contributed by atoms with Crippen molar-refractivity contribution < 1.29 is 28.2 Å². The summed E-state index contributed by atoms with van der Waals surface area (Å²) in [6, 6.07) is 0. The molecule has 2 nitrogen and oxygen atoms in total. The molecule has 4 N–H and O–H groups in total. The van der Waals surface area contributed by atoms with Crippen molar-refractivity contribution in [2.75, 3.05) is 0 Å². The van der Waals surface area contributed by atoms with Crippen LogP contribution in [-0.4, -0.2) is 18.2 Å². The van der Waals surface area contributed by atoms with Crippen LogP contribution in [0.25, 0.3) is 0 Å². The van der Waals surface area contributed by atoms with Gasteiger partial charge >= 0.3 is 7.25 Å². The maximum Gasteiger partial charge on any atom is 0.673 e. The molecule has 7 heavy (non-hydrogen) atoms. The van der Waals surface area contributed by atoms with Gasteiger partial charge in [-0.1, -0.05) is 0 Å². The van der Waals surface area contributed by atoms with Crippen molar-refractivity contribution in [3.63, 3.8) is 0 Å². The highest BCUT2D eigenvalue weighted by Crippen LogP contribution is 2.06. The predicted octanol–water partition coefficient (Wildman–Crippen LogP) is -0.349. The Kier molecular flexibility index (Phi) is 8.81. The van der Waals surface area contributed by atoms with Crippen LogP contribution in [0.4, 0.5) is 17.3 Å². The predicted molar refractivity (Wildman–Crippen MR) is 17.4 cm³/mol. The van der Waals surface area contributed by atoms with Crippen molar-refractivity contribution in [3.8, 4) is 0 Å². The van der Waals surface area contributed by atoms with E-state index in [1.54, 1.807) is 0 Å². The van der Waals surface area contributed by atoms with Gasteiger partial charge in [-0.2, -0.15) is 0 Å². The molecule has 0 aliphatic heterocycles. The Morgan fingerprint density at radius 2 is 0.714 bits per heavy atom. The Hall–Kier alpha value is -0.295. The number of hydrogen-bond donors (Lipinski definition) is 0. The summed E-state index contributed by atoms with van der Waals surface area (Å²) in [5.41, 5.74) is 0. The highest BCUT2D eigenvalue weighted by molar-refractivity contribution is 6.50. The van der Waals surface area contributed by atoms with Crippen LogP contribution < -0.4 is 0 Å². The quantitative estimate of drug-likeness (QED) is 0.312. The fourth-order valence-electron chi connectivity index (χ4n) is 0. The lowest BCUT2D eigenvalue weighted by molar-refractivity contribution is 0.368. The molecule has 0 aliphatic rings. The van der Waals surface area contributed by atoms with Gasteiger partial charge in [0.25, 0.3) is 0 Å². The van der Waals surface area contributed by atoms with Crippen LogP contribution >= 0.6 is 0 Å². The minimum Gasteiger partial charge on any atom is -0.418 e. The SMILES string of the molecule is F[B-](F)(F)F.O.O. The van der Waals surface area contributed by atoms with Gasteiger partial charge in [-0.25, -0.2) is 0 Å². The zero-order valence-corrected chi connectivity index (χ0v) is 3.09. The fourth-order valence-corrected chi connectivity index (χ4v) is 0. The van der Waals surface area contributed by atoms with Gasteiger partial charge in [-0.15, -0.1) is 0 Å². The summed E-state index contributed by atoms with van der Waals surface area (Å²) in [5.74, 6) is 0. The molecule has 0 aromatic carbocycles. The van der Waals surface area contributed by atoms with Crippen LogP contribution in [-0.2, 0) is 0 Å². The van der Waals surface area contributed by atoms with Crippen LogP contribution in [0, 0.1) is 0 Å². The topological polar surface area (TPSA) is 63.0 Å². The highest BCUT2D eigenvalue weighted by Gasteiger charge is 2.20. The van der Waals surface area contributed by atoms with Crippen molar-refractivity contribution in [2.24, 2.45) is 0 Å². The summed E-state index contributed by atoms with van der Waals surface area (Å²) in [4.78, 5) is 0. The van der Waals surface area contributed by atoms with E-state index in [1.807, 2.05) is 0 Å². The second kappa shape index (κ2) is 3.88. The smallest absolute Gasteiger partial charge is 0.418 e. The van der Waals surface area contributed by atoms with Gasteiger partial charge in [0.05, 0.1) is 0 Å². The molecular formula is H4BF4O2-. The Bertz CT molecular complexity index is 25.2. The van der Waals surface area contributed by atoms with Gasteiger partial charge in [0.2, 0.25) is 0 Å². The summed E-state index contributed by atoms with van der Waals surface area (Å²) in [6.07, 6.45) is 0. The molecule has 0 aromatic rings. The zero-order chi connectivity index (χ0) is 4.50. The van der Waals surface area contributed by atoms with Gasteiger partial charge < -0.3 is 28.2 Å². The minimum absolute atomic E-state index is 0. The molecule has 0 atom stereocenters. The number of halogens is 4. The first kappa shape index (κ1) is 15.9. The first-order valence-electron chi connectivity index (χ1n) is 0.873. The van der Waals surface area contributed by atoms with Crippen LogP contribution in [0.3, 0.4) is 0 Å². The molecule has 0 saturated carbocycles. The van der Waals surface area contributed by atoms with Crippen LogP contribution in [0.1, 0.15) is 0 Å². The molecule has 0 spiro atoms. The Morgan fingerprint density at radius 3 is 0.714 bits per heavy atom. The summed E-state index contributed by atoms with van der Waals surface area (Å²) < 4.78 is 39.0. The van der Waals surface area contributed by atoms with Crippen molar-refractivity contribution in [3.05, 3.63) is 0 Å². The average Bonchev–Trinajstić information content (AvgIpc) is 0.722. The largest absolute Gasteiger partial charge is 0.673 e. The van der Waals surface area contributed by atoms with Crippen LogP contribution in [0.2, 0.25) is 0 Å². The Labute approximate surface area is 36.9 Å². The van der Waals surface area contributed by atoms with Gasteiger partial charge in [-0.05, 0) is 0 Å². The molecular weight excluding hydrogens is 119 g/mol. The minimum atomic E-state index is -6.00. The lowest BCUT2D eigenvalue weighted by Crippen LogP contribution is -2.02. The third-order valence-corrected chi connectivity index (χ3v) is 0. The lowest BCUT2D eigenvalue weighted by atomic mass is 10.3. The molecule has 0 unspecified atom stereocenters. The van der Waals surface area contributed by atoms with Gasteiger partial charge in [0.15, 0.2) is 0 Å². The average molecular weight is 123 g/mol. The molecule has 0 radical (unpaired) electrons. The van der Waals surface area contributed by atoms with E-state index in [0.717, 1.165) is 0 Å². The molecule has 0 aliphatic carbocycles. The molecule has 7 heteroatoms. The van der Waals surface area contributed by atoms with E-state index < -0.39 is 7.25 Å². The number of hydrogen-bond acceptors (Lipinski definition) is 0. The van der Waals surface area contributed by atoms with E-state index in [9.17, 15) is 17.3 Å². The Morgan fingerprint density at radius 1 is 0.714 bits per heavy atom. The van der Waals surface area contributed by atoms with E-state index in [1.165, 1.54) is 0 Å². The van der Waals surface area contributed by atoms with E-state index in [0.29, 0.717) is 0 Å². The summed E-state index contributed by atoms with van der Waals surface area (Å²) in [7, 11) is -6.00. The maximum absolute atomic E-state index is 9.75. The standard InChI is InChI=1S/BF4.2H2O/c2-1(3,4)5;;/h;2*1H2/q-1;;. The molecule has 0 rings (SSSR count). The van der Waals surface area contributed by atoms with Gasteiger partial charge in [0, 0.05) is 0 Å². The van der Waals surface area contributed by atoms with Crippen molar-refractivity contribution in [1.29, 1.82) is 0 Å². The van der Waals surface area contributed by atoms with Crippen LogP contribution in [0.15, 0.2) is 0 Å². The second-order valence-electron chi connectivity index (χ2n) is 0.495. The summed E-state index contributed by atoms with van der Waals surface area (Å²) in [5, 5.41) is 0. The first-order valence-corrected chi connectivity index (χ1v) is 0.873. The van der Waals surface area contributed by atoms with E-state index in [4.69, 9.17) is 0 Å². The molecule has 0 bridgehead atoms. The fraction of sp³-hybridized carbons (Fsp3) is 0. The lowest BCUT2D eigenvalue weighted by Gasteiger charge is -1.94. The molecule has 0 saturated heterocycles. The third-order valence-electron chi connectivity index (χ3n) is 0. The molecule has 0 amide bonds. The third kappa shape index (κ3) is 899. The Balaban J connectivity index is -0.0000000800. The normalized spacial score (nSPS) is 8.57. The van der Waals surface area contributed by atoms with Crippen LogP contribution in [0.5, 0.6) is 0 Å².